The van der Waals surface area contributed by atoms with E-state index in [1.807, 2.05) is 13.3 Å². The number of thiophene rings is 1. The van der Waals surface area contributed by atoms with E-state index < -0.39 is 0 Å². The first kappa shape index (κ1) is 14.1. The fourth-order valence-corrected chi connectivity index (χ4v) is 2.10. The van der Waals surface area contributed by atoms with Crippen molar-refractivity contribution in [1.29, 1.82) is 0 Å². The van der Waals surface area contributed by atoms with Gasteiger partial charge in [-0.15, -0.1) is 11.3 Å². The van der Waals surface area contributed by atoms with E-state index in [-0.39, 0.29) is 0 Å². The highest BCUT2D eigenvalue weighted by atomic mass is 32.1. The van der Waals surface area contributed by atoms with Crippen molar-refractivity contribution < 1.29 is 0 Å². The molecule has 1 N–H and O–H groups in total. The van der Waals surface area contributed by atoms with Gasteiger partial charge in [0.25, 0.3) is 0 Å². The zero-order valence-electron chi connectivity index (χ0n) is 10.6. The Morgan fingerprint density at radius 3 is 2.94 bits per heavy atom. The fraction of sp³-hybridized carbons (Fsp3) is 0.500. The molecule has 1 aromatic heterocycles. The third kappa shape index (κ3) is 5.28. The lowest BCUT2D eigenvalue weighted by Crippen LogP contribution is -2.34. The maximum absolute atomic E-state index is 5.22. The largest absolute Gasteiger partial charge is 0.361 e. The molecule has 0 spiro atoms. The third-order valence-electron chi connectivity index (χ3n) is 2.22. The number of hydrazone groups is 1. The highest BCUT2D eigenvalue weighted by Crippen LogP contribution is 2.12. The number of aryl methyl sites for hydroxylation is 1. The number of nitrogens with zero attached hydrogens (tertiary/aromatic N) is 2. The van der Waals surface area contributed by atoms with Crippen LogP contribution in [0.2, 0.25) is 0 Å². The highest BCUT2D eigenvalue weighted by molar-refractivity contribution is 7.80. The Morgan fingerprint density at radius 1 is 1.59 bits per heavy atom. The minimum absolute atomic E-state index is 0.669. The SMILES string of the molecule is CCCCNC(=S)N(C)/N=C\c1ccc(C)s1. The molecule has 0 unspecified atom stereocenters. The molecule has 5 heteroatoms. The molecule has 17 heavy (non-hydrogen) atoms. The van der Waals surface area contributed by atoms with E-state index in [0.717, 1.165) is 24.3 Å². The fourth-order valence-electron chi connectivity index (χ4n) is 1.21. The lowest BCUT2D eigenvalue weighted by Gasteiger charge is -2.14. The standard InChI is InChI=1S/C12H19N3S2/c1-4-5-8-13-12(16)15(3)14-9-11-7-6-10(2)17-11/h6-7,9H,4-5,8H2,1-3H3,(H,13,16)/b14-9-. The normalized spacial score (nSPS) is 10.8. The van der Waals surface area contributed by atoms with E-state index in [0.29, 0.717) is 5.11 Å². The molecule has 0 aliphatic carbocycles. The van der Waals surface area contributed by atoms with E-state index in [1.54, 1.807) is 16.3 Å². The second kappa shape index (κ2) is 7.40. The number of rotatable bonds is 5. The Kier molecular flexibility index (Phi) is 6.15. The van der Waals surface area contributed by atoms with Crippen LogP contribution in [0.15, 0.2) is 17.2 Å². The highest BCUT2D eigenvalue weighted by Gasteiger charge is 2.00. The van der Waals surface area contributed by atoms with Gasteiger partial charge in [0.1, 0.15) is 0 Å². The summed E-state index contributed by atoms with van der Waals surface area (Å²) >= 11 is 6.94. The van der Waals surface area contributed by atoms with Crippen molar-refractivity contribution in [2.24, 2.45) is 5.10 Å². The van der Waals surface area contributed by atoms with Gasteiger partial charge >= 0.3 is 0 Å². The summed E-state index contributed by atoms with van der Waals surface area (Å²) in [5, 5.41) is 9.84. The van der Waals surface area contributed by atoms with E-state index >= 15 is 0 Å². The van der Waals surface area contributed by atoms with Crippen LogP contribution < -0.4 is 5.32 Å². The predicted octanol–water partition coefficient (Wildman–Crippen LogP) is 3.00. The van der Waals surface area contributed by atoms with Crippen LogP contribution in [0.25, 0.3) is 0 Å². The number of nitrogens with one attached hydrogen (secondary N) is 1. The predicted molar refractivity (Wildman–Crippen MR) is 79.9 cm³/mol. The van der Waals surface area contributed by atoms with Crippen LogP contribution in [0, 0.1) is 6.92 Å². The van der Waals surface area contributed by atoms with Gasteiger partial charge in [-0.3, -0.25) is 0 Å². The maximum Gasteiger partial charge on any atom is 0.189 e. The van der Waals surface area contributed by atoms with Gasteiger partial charge in [-0.1, -0.05) is 13.3 Å². The topological polar surface area (TPSA) is 27.6 Å². The molecule has 0 saturated heterocycles. The zero-order valence-corrected chi connectivity index (χ0v) is 12.2. The van der Waals surface area contributed by atoms with Crippen LogP contribution in [0.1, 0.15) is 29.5 Å². The summed E-state index contributed by atoms with van der Waals surface area (Å²) in [5.74, 6) is 0. The molecule has 0 aliphatic rings. The van der Waals surface area contributed by atoms with Gasteiger partial charge in [0.2, 0.25) is 0 Å². The number of hydrogen-bond donors (Lipinski definition) is 1. The van der Waals surface area contributed by atoms with E-state index in [2.05, 4.69) is 36.4 Å². The maximum atomic E-state index is 5.22. The summed E-state index contributed by atoms with van der Waals surface area (Å²) < 4.78 is 0. The molecule has 0 radical (unpaired) electrons. The van der Waals surface area contributed by atoms with Crippen LogP contribution in [0.3, 0.4) is 0 Å². The van der Waals surface area contributed by atoms with Crippen LogP contribution in [-0.4, -0.2) is 29.9 Å². The number of unbranched alkanes of at least 4 members (excludes halogenated alkanes) is 1. The lowest BCUT2D eigenvalue weighted by atomic mass is 10.3. The second-order valence-corrected chi connectivity index (χ2v) is 5.51. The van der Waals surface area contributed by atoms with Gasteiger partial charge in [-0.2, -0.15) is 5.10 Å². The second-order valence-electron chi connectivity index (χ2n) is 3.80. The van der Waals surface area contributed by atoms with Crippen LogP contribution in [-0.2, 0) is 0 Å². The Balaban J connectivity index is 2.40. The molecule has 3 nitrogen and oxygen atoms in total. The van der Waals surface area contributed by atoms with Crippen molar-refractivity contribution in [3.05, 3.63) is 21.9 Å². The summed E-state index contributed by atoms with van der Waals surface area (Å²) in [4.78, 5) is 2.43. The lowest BCUT2D eigenvalue weighted by molar-refractivity contribution is 0.530. The molecule has 1 rings (SSSR count). The average Bonchev–Trinajstić information content (AvgIpc) is 2.72. The average molecular weight is 269 g/mol. The molecule has 0 amide bonds. The molecule has 0 aliphatic heterocycles. The first-order valence-corrected chi connectivity index (χ1v) is 6.98. The number of hydrogen-bond acceptors (Lipinski definition) is 3. The molecule has 1 heterocycles. The summed E-state index contributed by atoms with van der Waals surface area (Å²) in [6, 6.07) is 4.15. The van der Waals surface area contributed by atoms with E-state index in [1.165, 1.54) is 4.88 Å². The van der Waals surface area contributed by atoms with Crippen molar-refractivity contribution in [3.8, 4) is 0 Å². The summed E-state index contributed by atoms with van der Waals surface area (Å²) in [5.41, 5.74) is 0. The van der Waals surface area contributed by atoms with Gasteiger partial charge in [-0.05, 0) is 37.7 Å². The molecular formula is C12H19N3S2. The van der Waals surface area contributed by atoms with Crippen molar-refractivity contribution >= 4 is 34.9 Å². The van der Waals surface area contributed by atoms with E-state index in [4.69, 9.17) is 12.2 Å². The molecule has 94 valence electrons. The molecule has 0 aromatic carbocycles. The first-order valence-electron chi connectivity index (χ1n) is 5.75. The molecule has 0 atom stereocenters. The molecule has 1 aromatic rings. The smallest absolute Gasteiger partial charge is 0.189 e. The van der Waals surface area contributed by atoms with Gasteiger partial charge in [-0.25, -0.2) is 5.01 Å². The molecule has 0 fully saturated rings. The Labute approximate surface area is 113 Å². The number of thiocarbonyl (C=S) groups is 1. The third-order valence-corrected chi connectivity index (χ3v) is 3.56. The van der Waals surface area contributed by atoms with Gasteiger partial charge in [0.05, 0.1) is 6.21 Å². The molecular weight excluding hydrogens is 250 g/mol. The van der Waals surface area contributed by atoms with Gasteiger partial charge < -0.3 is 5.32 Å². The van der Waals surface area contributed by atoms with Crippen molar-refractivity contribution in [2.75, 3.05) is 13.6 Å². The van der Waals surface area contributed by atoms with Crippen molar-refractivity contribution in [1.82, 2.24) is 10.3 Å². The van der Waals surface area contributed by atoms with E-state index in [9.17, 15) is 0 Å². The monoisotopic (exact) mass is 269 g/mol. The van der Waals surface area contributed by atoms with Crippen molar-refractivity contribution in [3.63, 3.8) is 0 Å². The van der Waals surface area contributed by atoms with Crippen LogP contribution >= 0.6 is 23.6 Å². The summed E-state index contributed by atoms with van der Waals surface area (Å²) in [6.07, 6.45) is 4.13. The Bertz CT molecular complexity index is 385. The quantitative estimate of drug-likeness (QED) is 0.385. The minimum atomic E-state index is 0.669. The Morgan fingerprint density at radius 2 is 2.35 bits per heavy atom. The summed E-state index contributed by atoms with van der Waals surface area (Å²) in [7, 11) is 1.86. The van der Waals surface area contributed by atoms with Crippen LogP contribution in [0.4, 0.5) is 0 Å². The minimum Gasteiger partial charge on any atom is -0.361 e. The first-order chi connectivity index (χ1) is 8.13. The summed E-state index contributed by atoms with van der Waals surface area (Å²) in [6.45, 7) is 5.15. The Hall–Kier alpha value is -0.940. The van der Waals surface area contributed by atoms with Gasteiger partial charge in [0, 0.05) is 23.3 Å². The molecule has 0 saturated carbocycles. The van der Waals surface area contributed by atoms with Crippen LogP contribution in [0.5, 0.6) is 0 Å². The van der Waals surface area contributed by atoms with Crippen molar-refractivity contribution in [2.45, 2.75) is 26.7 Å². The van der Waals surface area contributed by atoms with Gasteiger partial charge in [0.15, 0.2) is 5.11 Å². The molecule has 0 bridgehead atoms. The zero-order chi connectivity index (χ0) is 12.7.